The molecule has 0 aliphatic carbocycles. The third kappa shape index (κ3) is 6.07. The number of hydrogen-bond acceptors (Lipinski definition) is 5. The minimum atomic E-state index is -0.610. The van der Waals surface area contributed by atoms with Gasteiger partial charge in [-0.15, -0.1) is 0 Å². The molecule has 1 N–H and O–H groups in total. The predicted molar refractivity (Wildman–Crippen MR) is 121 cm³/mol. The fraction of sp³-hybridized carbons (Fsp3) is 0.348. The Morgan fingerprint density at radius 2 is 1.90 bits per heavy atom. The fourth-order valence-corrected chi connectivity index (χ4v) is 3.78. The van der Waals surface area contributed by atoms with Gasteiger partial charge in [-0.3, -0.25) is 14.4 Å². The van der Waals surface area contributed by atoms with E-state index >= 15 is 0 Å². The van der Waals surface area contributed by atoms with Gasteiger partial charge in [0.1, 0.15) is 5.75 Å². The smallest absolute Gasteiger partial charge is 0.311 e. The minimum Gasteiger partial charge on any atom is -0.491 e. The van der Waals surface area contributed by atoms with Crippen molar-refractivity contribution in [3.63, 3.8) is 0 Å². The van der Waals surface area contributed by atoms with Crippen LogP contribution < -0.4 is 15.0 Å². The molecule has 2 aromatic rings. The third-order valence-corrected chi connectivity index (χ3v) is 5.28. The molecule has 1 heterocycles. The molecule has 2 aromatic carbocycles. The number of carbonyl (C=O) groups excluding carboxylic acids is 3. The van der Waals surface area contributed by atoms with Crippen LogP contribution in [0.3, 0.4) is 0 Å². The van der Waals surface area contributed by atoms with Gasteiger partial charge in [-0.25, -0.2) is 0 Å². The van der Waals surface area contributed by atoms with E-state index in [1.165, 1.54) is 0 Å². The highest BCUT2D eigenvalue weighted by molar-refractivity contribution is 9.10. The normalized spacial score (nSPS) is 15.8. The predicted octanol–water partition coefficient (Wildman–Crippen LogP) is 4.08. The van der Waals surface area contributed by atoms with Crippen molar-refractivity contribution in [1.82, 2.24) is 0 Å². The van der Waals surface area contributed by atoms with Crippen molar-refractivity contribution >= 4 is 45.1 Å². The highest BCUT2D eigenvalue weighted by Gasteiger charge is 2.36. The lowest BCUT2D eigenvalue weighted by atomic mass is 10.1. The topological polar surface area (TPSA) is 84.9 Å². The first-order valence-electron chi connectivity index (χ1n) is 10.0. The van der Waals surface area contributed by atoms with Crippen molar-refractivity contribution in [3.05, 3.63) is 52.5 Å². The molecule has 1 aliphatic heterocycles. The Labute approximate surface area is 189 Å². The molecule has 1 fully saturated rings. The van der Waals surface area contributed by atoms with Gasteiger partial charge < -0.3 is 19.7 Å². The van der Waals surface area contributed by atoms with Crippen LogP contribution in [-0.4, -0.2) is 37.0 Å². The molecule has 164 valence electrons. The zero-order valence-electron chi connectivity index (χ0n) is 17.7. The number of nitrogens with one attached hydrogen (secondary N) is 1. The second kappa shape index (κ2) is 9.96. The molecule has 0 spiro atoms. The van der Waals surface area contributed by atoms with Gasteiger partial charge in [-0.2, -0.15) is 0 Å². The lowest BCUT2D eigenvalue weighted by Gasteiger charge is -2.17. The van der Waals surface area contributed by atoms with Crippen molar-refractivity contribution in [2.75, 3.05) is 23.4 Å². The molecule has 1 aliphatic rings. The van der Waals surface area contributed by atoms with Crippen LogP contribution in [0.2, 0.25) is 0 Å². The number of nitrogens with zero attached hydrogens (tertiary/aromatic N) is 1. The van der Waals surface area contributed by atoms with E-state index in [1.807, 2.05) is 32.9 Å². The Hall–Kier alpha value is -2.87. The molecule has 8 heteroatoms. The van der Waals surface area contributed by atoms with Gasteiger partial charge in [0.25, 0.3) is 5.91 Å². The molecule has 3 rings (SSSR count). The SMILES string of the molecule is Cc1cc(Br)ccc1NC(=O)COC(=O)[C@@H]1CC(=O)N(c2ccc(OC(C)C)cc2)C1. The standard InChI is InChI=1S/C23H25BrN2O5/c1-14(2)31-19-7-5-18(6-8-19)26-12-16(11-22(26)28)23(29)30-13-21(27)25-20-9-4-17(24)10-15(20)3/h4-10,14,16H,11-13H2,1-3H3,(H,25,27)/t16-/m1/s1. The van der Waals surface area contributed by atoms with Crippen LogP contribution in [0.5, 0.6) is 5.75 Å². The van der Waals surface area contributed by atoms with E-state index in [4.69, 9.17) is 9.47 Å². The Bertz CT molecular complexity index is 974. The monoisotopic (exact) mass is 488 g/mol. The van der Waals surface area contributed by atoms with Crippen molar-refractivity contribution in [2.24, 2.45) is 5.92 Å². The number of rotatable bonds is 7. The van der Waals surface area contributed by atoms with Gasteiger partial charge in [0, 0.05) is 28.8 Å². The molecular weight excluding hydrogens is 464 g/mol. The zero-order valence-corrected chi connectivity index (χ0v) is 19.3. The van der Waals surface area contributed by atoms with Crippen LogP contribution in [0.15, 0.2) is 46.9 Å². The average Bonchev–Trinajstić information content (AvgIpc) is 3.10. The molecule has 2 amide bonds. The minimum absolute atomic E-state index is 0.0521. The fourth-order valence-electron chi connectivity index (χ4n) is 3.30. The second-order valence-corrected chi connectivity index (χ2v) is 8.60. The number of ether oxygens (including phenoxy) is 2. The summed E-state index contributed by atoms with van der Waals surface area (Å²) in [6, 6.07) is 12.6. The quantitative estimate of drug-likeness (QED) is 0.593. The Balaban J connectivity index is 1.52. The lowest BCUT2D eigenvalue weighted by molar-refractivity contribution is -0.151. The Kier molecular flexibility index (Phi) is 7.33. The molecule has 0 saturated carbocycles. The zero-order chi connectivity index (χ0) is 22.5. The highest BCUT2D eigenvalue weighted by atomic mass is 79.9. The van der Waals surface area contributed by atoms with Crippen LogP contribution >= 0.6 is 15.9 Å². The van der Waals surface area contributed by atoms with Gasteiger partial charge in [-0.1, -0.05) is 15.9 Å². The first-order valence-corrected chi connectivity index (χ1v) is 10.8. The van der Waals surface area contributed by atoms with E-state index in [0.717, 1.165) is 10.0 Å². The Morgan fingerprint density at radius 1 is 1.19 bits per heavy atom. The van der Waals surface area contributed by atoms with Crippen LogP contribution in [-0.2, 0) is 19.1 Å². The number of esters is 1. The summed E-state index contributed by atoms with van der Waals surface area (Å²) in [5.74, 6) is -1.04. The van der Waals surface area contributed by atoms with E-state index in [2.05, 4.69) is 21.2 Å². The summed E-state index contributed by atoms with van der Waals surface area (Å²) in [5.41, 5.74) is 2.23. The molecule has 0 bridgehead atoms. The summed E-state index contributed by atoms with van der Waals surface area (Å²) in [4.78, 5) is 38.5. The summed E-state index contributed by atoms with van der Waals surface area (Å²) in [6.07, 6.45) is 0.111. The van der Waals surface area contributed by atoms with Gasteiger partial charge >= 0.3 is 5.97 Å². The number of aryl methyl sites for hydroxylation is 1. The third-order valence-electron chi connectivity index (χ3n) is 4.79. The summed E-state index contributed by atoms with van der Waals surface area (Å²) < 4.78 is 11.7. The van der Waals surface area contributed by atoms with Crippen molar-refractivity contribution in [2.45, 2.75) is 33.3 Å². The van der Waals surface area contributed by atoms with Gasteiger partial charge in [0.2, 0.25) is 5.91 Å². The molecule has 31 heavy (non-hydrogen) atoms. The molecule has 0 radical (unpaired) electrons. The van der Waals surface area contributed by atoms with E-state index in [-0.39, 0.29) is 25.0 Å². The van der Waals surface area contributed by atoms with Gasteiger partial charge in [-0.05, 0) is 68.8 Å². The Morgan fingerprint density at radius 3 is 2.55 bits per heavy atom. The number of hydrogen-bond donors (Lipinski definition) is 1. The second-order valence-electron chi connectivity index (χ2n) is 7.68. The molecule has 1 atom stereocenters. The number of amides is 2. The molecule has 0 aromatic heterocycles. The van der Waals surface area contributed by atoms with Crippen LogP contribution in [0.4, 0.5) is 11.4 Å². The maximum Gasteiger partial charge on any atom is 0.311 e. The van der Waals surface area contributed by atoms with Crippen molar-refractivity contribution in [1.29, 1.82) is 0 Å². The van der Waals surface area contributed by atoms with E-state index in [1.54, 1.807) is 35.2 Å². The van der Waals surface area contributed by atoms with Crippen molar-refractivity contribution in [3.8, 4) is 5.75 Å². The maximum absolute atomic E-state index is 12.4. The summed E-state index contributed by atoms with van der Waals surface area (Å²) in [5, 5.41) is 2.72. The van der Waals surface area contributed by atoms with Crippen LogP contribution in [0, 0.1) is 12.8 Å². The maximum atomic E-state index is 12.4. The van der Waals surface area contributed by atoms with E-state index in [0.29, 0.717) is 17.1 Å². The number of benzene rings is 2. The molecule has 0 unspecified atom stereocenters. The van der Waals surface area contributed by atoms with E-state index < -0.39 is 24.4 Å². The van der Waals surface area contributed by atoms with Gasteiger partial charge in [0.15, 0.2) is 6.61 Å². The number of carbonyl (C=O) groups is 3. The summed E-state index contributed by atoms with van der Waals surface area (Å²) in [6.45, 7) is 5.56. The summed E-state index contributed by atoms with van der Waals surface area (Å²) in [7, 11) is 0. The largest absolute Gasteiger partial charge is 0.491 e. The van der Waals surface area contributed by atoms with E-state index in [9.17, 15) is 14.4 Å². The number of anilines is 2. The first-order chi connectivity index (χ1) is 14.7. The molecule has 7 nitrogen and oxygen atoms in total. The highest BCUT2D eigenvalue weighted by Crippen LogP contribution is 2.28. The van der Waals surface area contributed by atoms with Gasteiger partial charge in [0.05, 0.1) is 12.0 Å². The van der Waals surface area contributed by atoms with Crippen LogP contribution in [0.25, 0.3) is 0 Å². The molecular formula is C23H25BrN2O5. The average molecular weight is 489 g/mol. The molecule has 1 saturated heterocycles. The summed E-state index contributed by atoms with van der Waals surface area (Å²) >= 11 is 3.37. The van der Waals surface area contributed by atoms with Crippen molar-refractivity contribution < 1.29 is 23.9 Å². The van der Waals surface area contributed by atoms with Crippen LogP contribution in [0.1, 0.15) is 25.8 Å². The number of halogens is 1. The first kappa shape index (κ1) is 22.8. The lowest BCUT2D eigenvalue weighted by Crippen LogP contribution is -2.28.